The van der Waals surface area contributed by atoms with Crippen LogP contribution in [0.2, 0.25) is 0 Å². The minimum absolute atomic E-state index is 0.0340. The highest BCUT2D eigenvalue weighted by atomic mass is 16.6. The van der Waals surface area contributed by atoms with Crippen LogP contribution in [0.25, 0.3) is 0 Å². The predicted molar refractivity (Wildman–Crippen MR) is 174 cm³/mol. The number of hydrogen-bond acceptors (Lipinski definition) is 5. The van der Waals surface area contributed by atoms with E-state index in [1.165, 1.54) is 0 Å². The lowest BCUT2D eigenvalue weighted by molar-refractivity contribution is -0.220. The van der Waals surface area contributed by atoms with Crippen molar-refractivity contribution in [1.82, 2.24) is 0 Å². The van der Waals surface area contributed by atoms with Gasteiger partial charge in [0.2, 0.25) is 0 Å². The highest BCUT2D eigenvalue weighted by Crippen LogP contribution is 2.65. The first kappa shape index (κ1) is 29.3. The van der Waals surface area contributed by atoms with E-state index >= 15 is 9.59 Å². The standard InChI is InChI=1S/C41H32O5/c1-27-15-14-24-32(25-27)41-33(36(42)28-16-6-2-7-17-28)26-40(46-39(41)45,31-22-12-5-13-23-31)34(37(43)29-18-8-3-9-19-29)35(41)38(44)30-20-10-4-11-21-30/h2-25,33-35H,26H2,1H3/t33?,34-,35+,40-,41+/m1/s1. The molecular weight excluding hydrogens is 572 g/mol. The monoisotopic (exact) mass is 604 g/mol. The molecule has 2 heterocycles. The molecule has 0 aromatic heterocycles. The maximum Gasteiger partial charge on any atom is 0.319 e. The summed E-state index contributed by atoms with van der Waals surface area (Å²) in [6.07, 6.45) is 0.0340. The van der Waals surface area contributed by atoms with Crippen LogP contribution in [-0.2, 0) is 20.5 Å². The Morgan fingerprint density at radius 3 is 1.54 bits per heavy atom. The van der Waals surface area contributed by atoms with Crippen LogP contribution in [0.15, 0.2) is 146 Å². The van der Waals surface area contributed by atoms with Crippen LogP contribution in [0.3, 0.4) is 0 Å². The normalized spacial score (nSPS) is 25.0. The number of fused-ring (bicyclic) bond motifs is 3. The lowest BCUT2D eigenvalue weighted by atomic mass is 9.43. The molecule has 226 valence electrons. The van der Waals surface area contributed by atoms with Crippen molar-refractivity contribution in [1.29, 1.82) is 0 Å². The zero-order valence-corrected chi connectivity index (χ0v) is 25.3. The van der Waals surface area contributed by atoms with Gasteiger partial charge in [-0.15, -0.1) is 0 Å². The maximum atomic E-state index is 15.2. The van der Waals surface area contributed by atoms with Crippen molar-refractivity contribution in [2.45, 2.75) is 24.4 Å². The number of esters is 1. The molecule has 1 aliphatic carbocycles. The van der Waals surface area contributed by atoms with E-state index < -0.39 is 34.7 Å². The average Bonchev–Trinajstić information content (AvgIpc) is 3.11. The van der Waals surface area contributed by atoms with Crippen LogP contribution in [0.5, 0.6) is 0 Å². The second-order valence-electron chi connectivity index (χ2n) is 12.3. The first-order chi connectivity index (χ1) is 22.4. The second-order valence-corrected chi connectivity index (χ2v) is 12.3. The fraction of sp³-hybridized carbons (Fsp3) is 0.171. The number of carbonyl (C=O) groups excluding carboxylic acids is 4. The molecule has 0 N–H and O–H groups in total. The Kier molecular flexibility index (Phi) is 7.32. The number of ketones is 3. The van der Waals surface area contributed by atoms with E-state index in [9.17, 15) is 9.59 Å². The van der Waals surface area contributed by atoms with E-state index in [1.807, 2.05) is 73.7 Å². The van der Waals surface area contributed by atoms with Gasteiger partial charge in [-0.3, -0.25) is 19.2 Å². The molecular formula is C41H32O5. The first-order valence-corrected chi connectivity index (χ1v) is 15.5. The van der Waals surface area contributed by atoms with E-state index in [2.05, 4.69) is 0 Å². The third-order valence-corrected chi connectivity index (χ3v) is 9.81. The highest BCUT2D eigenvalue weighted by molar-refractivity contribution is 6.13. The Hall–Kier alpha value is -5.42. The van der Waals surface area contributed by atoms with Crippen LogP contribution in [0, 0.1) is 24.7 Å². The van der Waals surface area contributed by atoms with Gasteiger partial charge < -0.3 is 4.74 Å². The zero-order valence-electron chi connectivity index (χ0n) is 25.3. The summed E-state index contributed by atoms with van der Waals surface area (Å²) in [4.78, 5) is 60.0. The molecule has 1 saturated carbocycles. The maximum absolute atomic E-state index is 15.2. The fourth-order valence-corrected chi connectivity index (χ4v) is 7.83. The molecule has 5 aromatic carbocycles. The summed E-state index contributed by atoms with van der Waals surface area (Å²) >= 11 is 0. The summed E-state index contributed by atoms with van der Waals surface area (Å²) in [5.74, 6) is -5.01. The number of carbonyl (C=O) groups is 4. The number of ether oxygens (including phenoxy) is 1. The van der Waals surface area contributed by atoms with Gasteiger partial charge in [0.05, 0.1) is 11.8 Å². The molecule has 0 amide bonds. The molecule has 5 nitrogen and oxygen atoms in total. The molecule has 3 fully saturated rings. The molecule has 0 spiro atoms. The van der Waals surface area contributed by atoms with E-state index in [1.54, 1.807) is 78.9 Å². The van der Waals surface area contributed by atoms with Gasteiger partial charge in [0.25, 0.3) is 0 Å². The minimum Gasteiger partial charge on any atom is -0.453 e. The van der Waals surface area contributed by atoms with Gasteiger partial charge in [-0.2, -0.15) is 0 Å². The van der Waals surface area contributed by atoms with Gasteiger partial charge >= 0.3 is 5.97 Å². The summed E-state index contributed by atoms with van der Waals surface area (Å²) < 4.78 is 6.58. The summed E-state index contributed by atoms with van der Waals surface area (Å²) in [5.41, 5.74) is -0.242. The lowest BCUT2D eigenvalue weighted by Gasteiger charge is -2.62. The van der Waals surface area contributed by atoms with Crippen LogP contribution in [0.1, 0.15) is 54.2 Å². The Morgan fingerprint density at radius 2 is 1.02 bits per heavy atom. The highest BCUT2D eigenvalue weighted by Gasteiger charge is 2.76. The molecule has 1 unspecified atom stereocenters. The van der Waals surface area contributed by atoms with Crippen molar-refractivity contribution in [2.75, 3.05) is 0 Å². The zero-order chi connectivity index (χ0) is 31.9. The number of rotatable bonds is 8. The van der Waals surface area contributed by atoms with Crippen molar-refractivity contribution in [3.05, 3.63) is 179 Å². The van der Waals surface area contributed by atoms with Gasteiger partial charge in [0.15, 0.2) is 17.3 Å². The van der Waals surface area contributed by atoms with E-state index in [-0.39, 0.29) is 23.8 Å². The van der Waals surface area contributed by atoms with E-state index in [4.69, 9.17) is 4.74 Å². The third-order valence-electron chi connectivity index (χ3n) is 9.81. The van der Waals surface area contributed by atoms with Crippen molar-refractivity contribution in [2.24, 2.45) is 17.8 Å². The summed E-state index contributed by atoms with van der Waals surface area (Å²) in [6.45, 7) is 1.90. The third kappa shape index (κ3) is 4.46. The molecule has 5 aromatic rings. The van der Waals surface area contributed by atoms with Crippen molar-refractivity contribution < 1.29 is 23.9 Å². The predicted octanol–water partition coefficient (Wildman–Crippen LogP) is 7.59. The Morgan fingerprint density at radius 1 is 0.565 bits per heavy atom. The molecule has 3 aliphatic rings. The number of hydrogen-bond donors (Lipinski definition) is 0. The van der Waals surface area contributed by atoms with Gasteiger partial charge in [0, 0.05) is 29.0 Å². The smallest absolute Gasteiger partial charge is 0.319 e. The molecule has 46 heavy (non-hydrogen) atoms. The topological polar surface area (TPSA) is 77.5 Å². The average molecular weight is 605 g/mol. The van der Waals surface area contributed by atoms with Crippen molar-refractivity contribution in [3.8, 4) is 0 Å². The molecule has 2 saturated heterocycles. The van der Waals surface area contributed by atoms with Gasteiger partial charge in [-0.05, 0) is 18.1 Å². The molecule has 2 bridgehead atoms. The molecule has 5 heteroatoms. The summed E-state index contributed by atoms with van der Waals surface area (Å²) in [5, 5.41) is 0. The molecule has 5 atom stereocenters. The molecule has 0 radical (unpaired) electrons. The van der Waals surface area contributed by atoms with E-state index in [0.29, 0.717) is 27.8 Å². The van der Waals surface area contributed by atoms with Crippen LogP contribution in [0.4, 0.5) is 0 Å². The second kappa shape index (κ2) is 11.5. The van der Waals surface area contributed by atoms with Gasteiger partial charge in [-0.1, -0.05) is 151 Å². The number of Topliss-reactive ketones (excluding diaryl/α,β-unsaturated/α-hetero) is 3. The van der Waals surface area contributed by atoms with E-state index in [0.717, 1.165) is 5.56 Å². The molecule has 8 rings (SSSR count). The summed E-state index contributed by atoms with van der Waals surface area (Å²) in [6, 6.07) is 42.9. The fourth-order valence-electron chi connectivity index (χ4n) is 7.83. The van der Waals surface area contributed by atoms with Gasteiger partial charge in [-0.25, -0.2) is 0 Å². The SMILES string of the molecule is Cc1cccc([C@]23C(=O)O[C@@](c4ccccc4)(CC2C(=O)c2ccccc2)[C@@H](C(=O)c2ccccc2)[C@H]3C(=O)c2ccccc2)c1. The Balaban J connectivity index is 1.59. The van der Waals surface area contributed by atoms with Crippen molar-refractivity contribution in [3.63, 3.8) is 0 Å². The quantitative estimate of drug-likeness (QED) is 0.135. The number of benzene rings is 5. The van der Waals surface area contributed by atoms with Gasteiger partial charge in [0.1, 0.15) is 11.0 Å². The van der Waals surface area contributed by atoms with Crippen molar-refractivity contribution >= 4 is 23.3 Å². The van der Waals surface area contributed by atoms with Crippen LogP contribution >= 0.6 is 0 Å². The largest absolute Gasteiger partial charge is 0.453 e. The lowest BCUT2D eigenvalue weighted by Crippen LogP contribution is -2.73. The Bertz CT molecular complexity index is 1940. The first-order valence-electron chi connectivity index (χ1n) is 15.5. The van der Waals surface area contributed by atoms with Crippen LogP contribution in [-0.4, -0.2) is 23.3 Å². The Labute approximate surface area is 267 Å². The summed E-state index contributed by atoms with van der Waals surface area (Å²) in [7, 11) is 0. The number of aryl methyl sites for hydroxylation is 1. The molecule has 2 aliphatic heterocycles. The van der Waals surface area contributed by atoms with Crippen LogP contribution < -0.4 is 0 Å². The minimum atomic E-state index is -1.78.